The van der Waals surface area contributed by atoms with Crippen LogP contribution in [0.25, 0.3) is 0 Å². The number of carbonyl (C=O) groups is 1. The largest absolute Gasteiger partial charge is 0.333 e. The molecular formula is C14H17BrN2O. The molecule has 1 aromatic carbocycles. The van der Waals surface area contributed by atoms with Crippen molar-refractivity contribution < 1.29 is 4.79 Å². The normalized spacial score (nSPS) is 19.6. The average Bonchev–Trinajstić information content (AvgIpc) is 2.95. The first-order chi connectivity index (χ1) is 8.74. The van der Waals surface area contributed by atoms with Crippen molar-refractivity contribution in [2.24, 2.45) is 0 Å². The topological polar surface area (TPSA) is 23.6 Å². The number of halogens is 1. The van der Waals surface area contributed by atoms with E-state index in [1.54, 1.807) is 0 Å². The highest BCUT2D eigenvalue weighted by Crippen LogP contribution is 2.25. The Balaban J connectivity index is 1.64. The van der Waals surface area contributed by atoms with Crippen LogP contribution in [0.1, 0.15) is 28.8 Å². The number of benzene rings is 1. The van der Waals surface area contributed by atoms with Crippen molar-refractivity contribution >= 4 is 21.8 Å². The van der Waals surface area contributed by atoms with E-state index in [9.17, 15) is 4.79 Å². The van der Waals surface area contributed by atoms with E-state index in [4.69, 9.17) is 0 Å². The molecule has 3 rings (SSSR count). The molecule has 3 nitrogen and oxygen atoms in total. The van der Waals surface area contributed by atoms with Gasteiger partial charge in [0.1, 0.15) is 0 Å². The van der Waals surface area contributed by atoms with E-state index in [1.165, 1.54) is 25.9 Å². The molecule has 1 amide bonds. The van der Waals surface area contributed by atoms with E-state index in [0.717, 1.165) is 35.2 Å². The highest BCUT2D eigenvalue weighted by atomic mass is 79.9. The van der Waals surface area contributed by atoms with Crippen LogP contribution < -0.4 is 0 Å². The molecule has 0 atom stereocenters. The van der Waals surface area contributed by atoms with E-state index in [0.29, 0.717) is 0 Å². The second-order valence-electron chi connectivity index (χ2n) is 5.08. The van der Waals surface area contributed by atoms with Gasteiger partial charge >= 0.3 is 0 Å². The summed E-state index contributed by atoms with van der Waals surface area (Å²) < 4.78 is 1.05. The van der Waals surface area contributed by atoms with Gasteiger partial charge in [0.15, 0.2) is 0 Å². The highest BCUT2D eigenvalue weighted by molar-refractivity contribution is 9.10. The third kappa shape index (κ3) is 2.31. The molecule has 2 aliphatic heterocycles. The summed E-state index contributed by atoms with van der Waals surface area (Å²) in [5.41, 5.74) is 2.02. The second kappa shape index (κ2) is 5.02. The first-order valence-corrected chi connectivity index (χ1v) is 7.33. The van der Waals surface area contributed by atoms with Crippen LogP contribution in [-0.2, 0) is 6.54 Å². The number of hydrogen-bond donors (Lipinski definition) is 0. The van der Waals surface area contributed by atoms with Crippen LogP contribution in [0.15, 0.2) is 22.7 Å². The lowest BCUT2D eigenvalue weighted by Crippen LogP contribution is -2.33. The van der Waals surface area contributed by atoms with Gasteiger partial charge in [-0.15, -0.1) is 0 Å². The maximum Gasteiger partial charge on any atom is 0.254 e. The molecule has 2 aliphatic rings. The summed E-state index contributed by atoms with van der Waals surface area (Å²) in [6.45, 7) is 5.02. The molecule has 1 fully saturated rings. The summed E-state index contributed by atoms with van der Waals surface area (Å²) in [6.07, 6.45) is 2.61. The Bertz CT molecular complexity index is 469. The SMILES string of the molecule is O=C1c2ccc(Br)cc2CN1CCN1CCCC1. The minimum atomic E-state index is 0.191. The number of likely N-dealkylation sites (tertiary alicyclic amines) is 1. The molecule has 0 saturated carbocycles. The lowest BCUT2D eigenvalue weighted by Gasteiger charge is -2.20. The number of rotatable bonds is 3. The fraction of sp³-hybridized carbons (Fsp3) is 0.500. The van der Waals surface area contributed by atoms with Crippen molar-refractivity contribution in [2.45, 2.75) is 19.4 Å². The Morgan fingerprint density at radius 1 is 1.17 bits per heavy atom. The average molecular weight is 309 g/mol. The lowest BCUT2D eigenvalue weighted by atomic mass is 10.1. The Morgan fingerprint density at radius 2 is 1.94 bits per heavy atom. The molecule has 96 valence electrons. The monoisotopic (exact) mass is 308 g/mol. The van der Waals surface area contributed by atoms with Crippen LogP contribution in [0.2, 0.25) is 0 Å². The fourth-order valence-corrected chi connectivity index (χ4v) is 3.21. The molecule has 0 spiro atoms. The molecule has 0 radical (unpaired) electrons. The zero-order valence-corrected chi connectivity index (χ0v) is 11.9. The first kappa shape index (κ1) is 12.2. The predicted octanol–water partition coefficient (Wildman–Crippen LogP) is 2.50. The van der Waals surface area contributed by atoms with Crippen molar-refractivity contribution in [1.82, 2.24) is 9.80 Å². The minimum absolute atomic E-state index is 0.191. The van der Waals surface area contributed by atoms with Gasteiger partial charge in [-0.05, 0) is 49.7 Å². The lowest BCUT2D eigenvalue weighted by molar-refractivity contribution is 0.0763. The summed E-state index contributed by atoms with van der Waals surface area (Å²) in [4.78, 5) is 16.6. The van der Waals surface area contributed by atoms with Crippen LogP contribution >= 0.6 is 15.9 Å². The van der Waals surface area contributed by atoms with Gasteiger partial charge in [-0.1, -0.05) is 15.9 Å². The van der Waals surface area contributed by atoms with E-state index >= 15 is 0 Å². The van der Waals surface area contributed by atoms with Crippen LogP contribution in [0.3, 0.4) is 0 Å². The van der Waals surface area contributed by atoms with E-state index < -0.39 is 0 Å². The van der Waals surface area contributed by atoms with Crippen LogP contribution in [-0.4, -0.2) is 41.9 Å². The number of carbonyl (C=O) groups excluding carboxylic acids is 1. The Labute approximate surface area is 116 Å². The molecule has 0 aromatic heterocycles. The highest BCUT2D eigenvalue weighted by Gasteiger charge is 2.27. The molecule has 2 heterocycles. The number of nitrogens with zero attached hydrogens (tertiary/aromatic N) is 2. The van der Waals surface area contributed by atoms with Gasteiger partial charge in [-0.2, -0.15) is 0 Å². The third-order valence-corrected chi connectivity index (χ3v) is 4.32. The molecule has 0 unspecified atom stereocenters. The molecule has 1 aromatic rings. The van der Waals surface area contributed by atoms with Gasteiger partial charge in [-0.3, -0.25) is 4.79 Å². The first-order valence-electron chi connectivity index (χ1n) is 6.54. The van der Waals surface area contributed by atoms with E-state index in [1.807, 2.05) is 17.0 Å². The quantitative estimate of drug-likeness (QED) is 0.856. The van der Waals surface area contributed by atoms with Crippen molar-refractivity contribution in [1.29, 1.82) is 0 Å². The molecule has 0 N–H and O–H groups in total. The maximum atomic E-state index is 12.2. The van der Waals surface area contributed by atoms with Gasteiger partial charge in [-0.25, -0.2) is 0 Å². The van der Waals surface area contributed by atoms with Gasteiger partial charge < -0.3 is 9.80 Å². The number of amides is 1. The minimum Gasteiger partial charge on any atom is -0.333 e. The predicted molar refractivity (Wildman–Crippen MR) is 74.6 cm³/mol. The summed E-state index contributed by atoms with van der Waals surface area (Å²) in [5, 5.41) is 0. The maximum absolute atomic E-state index is 12.2. The summed E-state index contributed by atoms with van der Waals surface area (Å²) in [7, 11) is 0. The Hall–Kier alpha value is -0.870. The van der Waals surface area contributed by atoms with Crippen molar-refractivity contribution in [2.75, 3.05) is 26.2 Å². The zero-order valence-electron chi connectivity index (χ0n) is 10.4. The second-order valence-corrected chi connectivity index (χ2v) is 5.99. The zero-order chi connectivity index (χ0) is 12.5. The Kier molecular flexibility index (Phi) is 3.39. The van der Waals surface area contributed by atoms with E-state index in [-0.39, 0.29) is 5.91 Å². The van der Waals surface area contributed by atoms with Crippen LogP contribution in [0, 0.1) is 0 Å². The Morgan fingerprint density at radius 3 is 2.72 bits per heavy atom. The van der Waals surface area contributed by atoms with Crippen LogP contribution in [0.5, 0.6) is 0 Å². The molecule has 1 saturated heterocycles. The van der Waals surface area contributed by atoms with Gasteiger partial charge in [0.05, 0.1) is 0 Å². The third-order valence-electron chi connectivity index (χ3n) is 3.83. The molecule has 0 aliphatic carbocycles. The summed E-state index contributed by atoms with van der Waals surface area (Å²) >= 11 is 3.46. The van der Waals surface area contributed by atoms with Crippen molar-refractivity contribution in [3.05, 3.63) is 33.8 Å². The molecular weight excluding hydrogens is 292 g/mol. The smallest absolute Gasteiger partial charge is 0.254 e. The molecule has 4 heteroatoms. The molecule has 18 heavy (non-hydrogen) atoms. The number of fused-ring (bicyclic) bond motifs is 1. The standard InChI is InChI=1S/C14H17BrN2O/c15-12-3-4-13-11(9-12)10-17(14(13)18)8-7-16-5-1-2-6-16/h3-4,9H,1-2,5-8,10H2. The summed E-state index contributed by atoms with van der Waals surface area (Å²) in [6, 6.07) is 5.93. The van der Waals surface area contributed by atoms with Gasteiger partial charge in [0, 0.05) is 29.7 Å². The molecule has 0 bridgehead atoms. The van der Waals surface area contributed by atoms with Gasteiger partial charge in [0.25, 0.3) is 5.91 Å². The van der Waals surface area contributed by atoms with Crippen molar-refractivity contribution in [3.63, 3.8) is 0 Å². The van der Waals surface area contributed by atoms with Crippen molar-refractivity contribution in [3.8, 4) is 0 Å². The number of hydrogen-bond acceptors (Lipinski definition) is 2. The summed E-state index contributed by atoms with van der Waals surface area (Å²) in [5.74, 6) is 0.191. The van der Waals surface area contributed by atoms with E-state index in [2.05, 4.69) is 26.9 Å². The van der Waals surface area contributed by atoms with Crippen LogP contribution in [0.4, 0.5) is 0 Å². The fourth-order valence-electron chi connectivity index (χ4n) is 2.80. The van der Waals surface area contributed by atoms with Gasteiger partial charge in [0.2, 0.25) is 0 Å².